The van der Waals surface area contributed by atoms with E-state index >= 15 is 0 Å². The summed E-state index contributed by atoms with van der Waals surface area (Å²) >= 11 is 2.00. The van der Waals surface area contributed by atoms with Gasteiger partial charge in [-0.2, -0.15) is 11.8 Å². The second kappa shape index (κ2) is 7.35. The Morgan fingerprint density at radius 1 is 1.11 bits per heavy atom. The Labute approximate surface area is 123 Å². The third-order valence-electron chi connectivity index (χ3n) is 4.20. The minimum absolute atomic E-state index is 0.382. The summed E-state index contributed by atoms with van der Waals surface area (Å²) in [5.41, 5.74) is 4.11. The molecule has 108 valence electrons. The minimum atomic E-state index is 0.382. The second-order valence-corrected chi connectivity index (χ2v) is 6.89. The van der Waals surface area contributed by atoms with Gasteiger partial charge >= 0.3 is 0 Å². The van der Waals surface area contributed by atoms with E-state index in [9.17, 15) is 0 Å². The summed E-state index contributed by atoms with van der Waals surface area (Å²) < 4.78 is 0.382. The molecular formula is C17H29NS. The first-order chi connectivity index (χ1) is 8.96. The van der Waals surface area contributed by atoms with Gasteiger partial charge in [0.05, 0.1) is 0 Å². The van der Waals surface area contributed by atoms with Gasteiger partial charge in [-0.3, -0.25) is 0 Å². The first-order valence-corrected chi connectivity index (χ1v) is 8.55. The molecule has 0 radical (unpaired) electrons. The van der Waals surface area contributed by atoms with Gasteiger partial charge in [-0.25, -0.2) is 0 Å². The maximum absolute atomic E-state index is 3.73. The molecule has 0 aliphatic carbocycles. The number of thioether (sulfide) groups is 1. The molecule has 0 spiro atoms. The molecule has 2 heteroatoms. The quantitative estimate of drug-likeness (QED) is 0.763. The number of hydrogen-bond donors (Lipinski definition) is 1. The van der Waals surface area contributed by atoms with E-state index in [2.05, 4.69) is 64.4 Å². The van der Waals surface area contributed by atoms with E-state index < -0.39 is 0 Å². The first-order valence-electron chi connectivity index (χ1n) is 7.33. The fourth-order valence-electron chi connectivity index (χ4n) is 2.58. The van der Waals surface area contributed by atoms with Crippen LogP contribution in [0.4, 0.5) is 0 Å². The van der Waals surface area contributed by atoms with Crippen molar-refractivity contribution in [3.8, 4) is 0 Å². The molecule has 1 atom stereocenters. The van der Waals surface area contributed by atoms with Crippen LogP contribution >= 0.6 is 11.8 Å². The summed E-state index contributed by atoms with van der Waals surface area (Å²) in [5.74, 6) is 0. The van der Waals surface area contributed by atoms with Crippen LogP contribution in [0, 0.1) is 13.8 Å². The van der Waals surface area contributed by atoms with Crippen molar-refractivity contribution in [1.29, 1.82) is 0 Å². The molecule has 0 saturated carbocycles. The van der Waals surface area contributed by atoms with Crippen molar-refractivity contribution in [2.75, 3.05) is 12.8 Å². The minimum Gasteiger partial charge on any atom is -0.309 e. The molecule has 0 fully saturated rings. The van der Waals surface area contributed by atoms with Crippen LogP contribution in [-0.4, -0.2) is 17.5 Å². The predicted molar refractivity (Wildman–Crippen MR) is 89.2 cm³/mol. The number of benzene rings is 1. The summed E-state index contributed by atoms with van der Waals surface area (Å²) in [5, 5.41) is 3.73. The monoisotopic (exact) mass is 279 g/mol. The Morgan fingerprint density at radius 2 is 1.63 bits per heavy atom. The highest BCUT2D eigenvalue weighted by Crippen LogP contribution is 2.30. The lowest BCUT2D eigenvalue weighted by molar-refractivity contribution is 0.459. The van der Waals surface area contributed by atoms with Crippen molar-refractivity contribution in [3.63, 3.8) is 0 Å². The largest absolute Gasteiger partial charge is 0.309 e. The van der Waals surface area contributed by atoms with Gasteiger partial charge < -0.3 is 5.32 Å². The van der Waals surface area contributed by atoms with Gasteiger partial charge in [0.2, 0.25) is 0 Å². The highest BCUT2D eigenvalue weighted by molar-refractivity contribution is 8.00. The van der Waals surface area contributed by atoms with Crippen LogP contribution in [0.3, 0.4) is 0 Å². The lowest BCUT2D eigenvalue weighted by Crippen LogP contribution is -2.37. The number of nitrogens with one attached hydrogen (secondary N) is 1. The number of aryl methyl sites for hydroxylation is 2. The van der Waals surface area contributed by atoms with E-state index in [1.165, 1.54) is 29.5 Å². The van der Waals surface area contributed by atoms with Gasteiger partial charge in [-0.05, 0) is 45.4 Å². The summed E-state index contributed by atoms with van der Waals surface area (Å²) in [7, 11) is 0. The van der Waals surface area contributed by atoms with Gasteiger partial charge in [0, 0.05) is 17.3 Å². The molecule has 1 nitrogen and oxygen atoms in total. The molecule has 0 aromatic heterocycles. The molecule has 1 unspecified atom stereocenters. The van der Waals surface area contributed by atoms with Crippen LogP contribution in [-0.2, 0) is 0 Å². The first kappa shape index (κ1) is 16.6. The molecule has 0 saturated heterocycles. The fraction of sp³-hybridized carbons (Fsp3) is 0.647. The highest BCUT2D eigenvalue weighted by Gasteiger charge is 2.25. The summed E-state index contributed by atoms with van der Waals surface area (Å²) in [6.45, 7) is 12.3. The van der Waals surface area contributed by atoms with Gasteiger partial charge in [0.25, 0.3) is 0 Å². The second-order valence-electron chi connectivity index (χ2n) is 5.62. The standard InChI is InChI=1S/C17H29NS/c1-7-17(8-2,19-6)12-18-15(5)16-10-13(3)9-14(4)11-16/h9-11,15,18H,7-8,12H2,1-6H3. The molecule has 1 N–H and O–H groups in total. The Kier molecular flexibility index (Phi) is 6.41. The average Bonchev–Trinajstić information content (AvgIpc) is 2.39. The SMILES string of the molecule is CCC(CC)(CNC(C)c1cc(C)cc(C)c1)SC. The van der Waals surface area contributed by atoms with E-state index in [-0.39, 0.29) is 0 Å². The summed E-state index contributed by atoms with van der Waals surface area (Å²) in [4.78, 5) is 0. The summed E-state index contributed by atoms with van der Waals surface area (Å²) in [6.07, 6.45) is 4.67. The lowest BCUT2D eigenvalue weighted by Gasteiger charge is -2.31. The normalized spacial score (nSPS) is 13.6. The van der Waals surface area contributed by atoms with Crippen LogP contribution in [0.25, 0.3) is 0 Å². The summed E-state index contributed by atoms with van der Waals surface area (Å²) in [6, 6.07) is 7.25. The zero-order valence-electron chi connectivity index (χ0n) is 13.3. The lowest BCUT2D eigenvalue weighted by atomic mass is 9.99. The van der Waals surface area contributed by atoms with Crippen molar-refractivity contribution in [2.24, 2.45) is 0 Å². The Hall–Kier alpha value is -0.470. The van der Waals surface area contributed by atoms with E-state index in [0.717, 1.165) is 6.54 Å². The molecule has 0 aliphatic rings. The molecule has 1 rings (SSSR count). The Bertz CT molecular complexity index is 368. The maximum atomic E-state index is 3.73. The fourth-order valence-corrected chi connectivity index (χ4v) is 3.38. The van der Waals surface area contributed by atoms with Crippen molar-refractivity contribution >= 4 is 11.8 Å². The van der Waals surface area contributed by atoms with Gasteiger partial charge in [0.1, 0.15) is 0 Å². The molecule has 0 bridgehead atoms. The molecule has 0 aliphatic heterocycles. The van der Waals surface area contributed by atoms with Crippen molar-refractivity contribution in [1.82, 2.24) is 5.32 Å². The van der Waals surface area contributed by atoms with E-state index in [1.807, 2.05) is 11.8 Å². The third kappa shape index (κ3) is 4.54. The van der Waals surface area contributed by atoms with Gasteiger partial charge in [0.15, 0.2) is 0 Å². The van der Waals surface area contributed by atoms with Crippen molar-refractivity contribution < 1.29 is 0 Å². The zero-order valence-corrected chi connectivity index (χ0v) is 14.2. The predicted octanol–water partition coefficient (Wildman–Crippen LogP) is 4.88. The Morgan fingerprint density at radius 3 is 2.05 bits per heavy atom. The number of rotatable bonds is 7. The number of hydrogen-bond acceptors (Lipinski definition) is 2. The van der Waals surface area contributed by atoms with Gasteiger partial charge in [-0.15, -0.1) is 0 Å². The molecule has 0 amide bonds. The van der Waals surface area contributed by atoms with Crippen LogP contribution in [0.2, 0.25) is 0 Å². The molecule has 1 aromatic carbocycles. The smallest absolute Gasteiger partial charge is 0.0292 e. The maximum Gasteiger partial charge on any atom is 0.0292 e. The van der Waals surface area contributed by atoms with E-state index in [1.54, 1.807) is 0 Å². The van der Waals surface area contributed by atoms with Crippen LogP contribution in [0.1, 0.15) is 56.3 Å². The van der Waals surface area contributed by atoms with E-state index in [0.29, 0.717) is 10.8 Å². The van der Waals surface area contributed by atoms with Gasteiger partial charge in [-0.1, -0.05) is 43.2 Å². The zero-order chi connectivity index (χ0) is 14.5. The molecule has 19 heavy (non-hydrogen) atoms. The van der Waals surface area contributed by atoms with E-state index in [4.69, 9.17) is 0 Å². The topological polar surface area (TPSA) is 12.0 Å². The Balaban J connectivity index is 2.71. The third-order valence-corrected chi connectivity index (χ3v) is 5.78. The van der Waals surface area contributed by atoms with Crippen molar-refractivity contribution in [3.05, 3.63) is 34.9 Å². The van der Waals surface area contributed by atoms with Crippen LogP contribution in [0.5, 0.6) is 0 Å². The molecular weight excluding hydrogens is 250 g/mol. The average molecular weight is 279 g/mol. The van der Waals surface area contributed by atoms with Crippen LogP contribution < -0.4 is 5.32 Å². The molecule has 0 heterocycles. The van der Waals surface area contributed by atoms with Crippen LogP contribution in [0.15, 0.2) is 18.2 Å². The van der Waals surface area contributed by atoms with Crippen molar-refractivity contribution in [2.45, 2.75) is 58.2 Å². The highest BCUT2D eigenvalue weighted by atomic mass is 32.2. The molecule has 1 aromatic rings.